The summed E-state index contributed by atoms with van der Waals surface area (Å²) in [5.74, 6) is 3.09. The fourth-order valence-corrected chi connectivity index (χ4v) is 9.05. The molecule has 0 spiro atoms. The van der Waals surface area contributed by atoms with Crippen LogP contribution in [0.5, 0.6) is 11.5 Å². The normalized spacial score (nSPS) is 17.8. The molecule has 0 radical (unpaired) electrons. The summed E-state index contributed by atoms with van der Waals surface area (Å²) in [5, 5.41) is 21.8. The molecule has 61 heavy (non-hydrogen) atoms. The summed E-state index contributed by atoms with van der Waals surface area (Å²) in [6.07, 6.45) is 14.0. The lowest BCUT2D eigenvalue weighted by molar-refractivity contribution is -0.116. The van der Waals surface area contributed by atoms with Crippen LogP contribution in [0.4, 0.5) is 0 Å². The topological polar surface area (TPSA) is 74.6 Å². The number of phenolic OH excluding ortho intramolecular Hbond substituents is 2. The molecule has 6 rings (SSSR count). The summed E-state index contributed by atoms with van der Waals surface area (Å²) in [6.45, 7) is 36.7. The highest BCUT2D eigenvalue weighted by atomic mass is 16.3. The fraction of sp³-hybridized carbons (Fsp3) is 0.614. The minimum atomic E-state index is -0.164. The number of hydrogen-bond acceptors (Lipinski definition) is 4. The SMILES string of the molecule is CC(C)(C)C1=CC(C(C)(C)C)=C(C(=O)CCc2cc(C(C)(C)C)c(O)c(C(C)(C)C)c2)C1.CC(C)c1cc(CCC(=O)C2=C(C3CC3)C=C(C3CC3)C2)cc(C(C)(C)C)c1O. The standard InChI is InChI=1S/C30H46O2.C27H36O2/c1-27(2,3)20-17-21(22(18-20)28(4,5)6)25(31)14-13-19-15-23(29(7,8)9)26(32)24(16-19)30(10,11)12;1-16(2)21-12-17(13-24(26(21)29)27(3,4)5)6-11-25(28)23-15-20(18-7-8-18)14-22(23)19-9-10-19/h15-16,18,32H,13-14,17H2,1-12H3;12-14,16,18-19,29H,6-11,15H2,1-5H3. The average Bonchev–Trinajstić information content (AvgIpc) is 4.06. The van der Waals surface area contributed by atoms with Crippen LogP contribution in [0.2, 0.25) is 0 Å². The molecule has 0 bridgehead atoms. The summed E-state index contributed by atoms with van der Waals surface area (Å²) in [7, 11) is 0. The van der Waals surface area contributed by atoms with Gasteiger partial charge in [0.2, 0.25) is 0 Å². The van der Waals surface area contributed by atoms with Crippen molar-refractivity contribution in [1.29, 1.82) is 0 Å². The third kappa shape index (κ3) is 11.9. The Morgan fingerprint density at radius 3 is 1.41 bits per heavy atom. The lowest BCUT2D eigenvalue weighted by Gasteiger charge is -2.28. The molecule has 2 fully saturated rings. The Kier molecular flexibility index (Phi) is 13.9. The van der Waals surface area contributed by atoms with E-state index in [1.54, 1.807) is 0 Å². The molecule has 0 heterocycles. The monoisotopic (exact) mass is 831 g/mol. The molecule has 334 valence electrons. The summed E-state index contributed by atoms with van der Waals surface area (Å²) < 4.78 is 0. The van der Waals surface area contributed by atoms with Gasteiger partial charge in [-0.15, -0.1) is 0 Å². The molecule has 4 heteroatoms. The van der Waals surface area contributed by atoms with Crippen LogP contribution in [-0.4, -0.2) is 21.8 Å². The van der Waals surface area contributed by atoms with Crippen LogP contribution in [0.15, 0.2) is 69.9 Å². The number of phenols is 2. The predicted octanol–water partition coefficient (Wildman–Crippen LogP) is 15.0. The molecule has 0 atom stereocenters. The van der Waals surface area contributed by atoms with Crippen molar-refractivity contribution in [2.24, 2.45) is 22.7 Å². The van der Waals surface area contributed by atoms with Gasteiger partial charge in [0.25, 0.3) is 0 Å². The van der Waals surface area contributed by atoms with Gasteiger partial charge in [0.15, 0.2) is 11.6 Å². The summed E-state index contributed by atoms with van der Waals surface area (Å²) in [4.78, 5) is 26.6. The van der Waals surface area contributed by atoms with E-state index in [9.17, 15) is 19.8 Å². The quantitative estimate of drug-likeness (QED) is 0.237. The van der Waals surface area contributed by atoms with Crippen molar-refractivity contribution in [2.45, 2.75) is 204 Å². The number of Topliss-reactive ketones (excluding diaryl/α,β-unsaturated/α-hetero) is 2. The Bertz CT molecular complexity index is 2100. The van der Waals surface area contributed by atoms with Gasteiger partial charge in [0, 0.05) is 24.0 Å². The minimum Gasteiger partial charge on any atom is -0.507 e. The highest BCUT2D eigenvalue weighted by Crippen LogP contribution is 2.50. The van der Waals surface area contributed by atoms with Crippen LogP contribution in [-0.2, 0) is 38.7 Å². The second kappa shape index (κ2) is 17.5. The van der Waals surface area contributed by atoms with E-state index < -0.39 is 0 Å². The van der Waals surface area contributed by atoms with E-state index in [1.807, 2.05) is 0 Å². The van der Waals surface area contributed by atoms with Crippen molar-refractivity contribution < 1.29 is 19.8 Å². The van der Waals surface area contributed by atoms with Crippen LogP contribution < -0.4 is 0 Å². The second-order valence-electron chi connectivity index (χ2n) is 24.5. The molecule has 4 aliphatic carbocycles. The number of allylic oxidation sites excluding steroid dienone is 8. The van der Waals surface area contributed by atoms with Crippen molar-refractivity contribution in [3.05, 3.63) is 103 Å². The lowest BCUT2D eigenvalue weighted by Crippen LogP contribution is -2.18. The zero-order valence-corrected chi connectivity index (χ0v) is 41.5. The van der Waals surface area contributed by atoms with Crippen LogP contribution in [0, 0.1) is 22.7 Å². The Morgan fingerprint density at radius 1 is 0.557 bits per heavy atom. The lowest BCUT2D eigenvalue weighted by atomic mass is 9.78. The van der Waals surface area contributed by atoms with E-state index in [1.165, 1.54) is 53.5 Å². The predicted molar refractivity (Wildman–Crippen MR) is 257 cm³/mol. The van der Waals surface area contributed by atoms with Gasteiger partial charge in [-0.3, -0.25) is 9.59 Å². The van der Waals surface area contributed by atoms with E-state index in [2.05, 4.69) is 154 Å². The van der Waals surface area contributed by atoms with Crippen molar-refractivity contribution in [1.82, 2.24) is 0 Å². The number of hydrogen-bond donors (Lipinski definition) is 2. The molecule has 0 aromatic heterocycles. The third-order valence-electron chi connectivity index (χ3n) is 13.3. The highest BCUT2D eigenvalue weighted by molar-refractivity contribution is 5.99. The number of aryl methyl sites for hydroxylation is 2. The number of carbonyl (C=O) groups is 2. The van der Waals surface area contributed by atoms with E-state index in [0.717, 1.165) is 64.1 Å². The van der Waals surface area contributed by atoms with Crippen LogP contribution in [0.25, 0.3) is 0 Å². The smallest absolute Gasteiger partial charge is 0.159 e. The van der Waals surface area contributed by atoms with Gasteiger partial charge >= 0.3 is 0 Å². The van der Waals surface area contributed by atoms with Gasteiger partial charge in [0.05, 0.1) is 0 Å². The van der Waals surface area contributed by atoms with Crippen molar-refractivity contribution in [3.63, 3.8) is 0 Å². The van der Waals surface area contributed by atoms with Gasteiger partial charge in [-0.05, 0) is 141 Å². The summed E-state index contributed by atoms with van der Waals surface area (Å²) >= 11 is 0. The number of ketones is 2. The minimum absolute atomic E-state index is 0.0463. The van der Waals surface area contributed by atoms with Gasteiger partial charge in [-0.1, -0.05) is 165 Å². The molecular formula is C57H82O4. The first-order valence-electron chi connectivity index (χ1n) is 23.6. The molecule has 4 aliphatic rings. The van der Waals surface area contributed by atoms with Crippen LogP contribution in [0.3, 0.4) is 0 Å². The van der Waals surface area contributed by atoms with Crippen LogP contribution >= 0.6 is 0 Å². The van der Waals surface area contributed by atoms with E-state index in [-0.39, 0.29) is 38.8 Å². The fourth-order valence-electron chi connectivity index (χ4n) is 9.05. The van der Waals surface area contributed by atoms with Gasteiger partial charge in [-0.2, -0.15) is 0 Å². The zero-order chi connectivity index (χ0) is 45.8. The molecule has 4 nitrogen and oxygen atoms in total. The summed E-state index contributed by atoms with van der Waals surface area (Å²) in [6, 6.07) is 8.43. The largest absolute Gasteiger partial charge is 0.507 e. The molecule has 0 amide bonds. The maximum atomic E-state index is 13.4. The first-order chi connectivity index (χ1) is 27.9. The molecule has 0 unspecified atom stereocenters. The molecule has 2 aromatic rings. The van der Waals surface area contributed by atoms with Gasteiger partial charge in [0.1, 0.15) is 11.5 Å². The Labute approximate surface area is 371 Å². The van der Waals surface area contributed by atoms with Gasteiger partial charge in [-0.25, -0.2) is 0 Å². The summed E-state index contributed by atoms with van der Waals surface area (Å²) in [5.41, 5.74) is 13.3. The maximum Gasteiger partial charge on any atom is 0.159 e. The average molecular weight is 831 g/mol. The third-order valence-corrected chi connectivity index (χ3v) is 13.3. The molecule has 2 N–H and O–H groups in total. The number of benzene rings is 2. The van der Waals surface area contributed by atoms with E-state index in [4.69, 9.17) is 0 Å². The zero-order valence-electron chi connectivity index (χ0n) is 41.5. The Hall–Kier alpha value is -3.66. The first-order valence-corrected chi connectivity index (χ1v) is 23.6. The first kappa shape index (κ1) is 48.4. The van der Waals surface area contributed by atoms with E-state index in [0.29, 0.717) is 42.5 Å². The molecular weight excluding hydrogens is 749 g/mol. The number of carbonyl (C=O) groups excluding carboxylic acids is 2. The maximum absolute atomic E-state index is 13.4. The molecule has 0 saturated heterocycles. The van der Waals surface area contributed by atoms with Gasteiger partial charge < -0.3 is 10.2 Å². The van der Waals surface area contributed by atoms with Crippen molar-refractivity contribution >= 4 is 11.6 Å². The number of aromatic hydroxyl groups is 2. The Morgan fingerprint density at radius 2 is 1.00 bits per heavy atom. The Balaban J connectivity index is 0.000000232. The van der Waals surface area contributed by atoms with E-state index >= 15 is 0 Å². The van der Waals surface area contributed by atoms with Crippen molar-refractivity contribution in [2.75, 3.05) is 0 Å². The highest BCUT2D eigenvalue weighted by Gasteiger charge is 2.37. The second-order valence-corrected chi connectivity index (χ2v) is 24.5. The molecule has 0 aliphatic heterocycles. The van der Waals surface area contributed by atoms with Crippen LogP contribution in [0.1, 0.15) is 208 Å². The van der Waals surface area contributed by atoms with Crippen molar-refractivity contribution in [3.8, 4) is 11.5 Å². The number of rotatable bonds is 11. The molecule has 2 aromatic carbocycles. The molecule has 2 saturated carbocycles.